The van der Waals surface area contributed by atoms with Gasteiger partial charge in [-0.25, -0.2) is 4.98 Å². The first-order valence-corrected chi connectivity index (χ1v) is 7.51. The molecule has 1 aliphatic carbocycles. The molecule has 0 aromatic carbocycles. The number of aromatic nitrogens is 2. The second kappa shape index (κ2) is 5.87. The van der Waals surface area contributed by atoms with Gasteiger partial charge < -0.3 is 10.2 Å². The van der Waals surface area contributed by atoms with Gasteiger partial charge in [0.05, 0.1) is 11.9 Å². The molecule has 1 aliphatic heterocycles. The van der Waals surface area contributed by atoms with Gasteiger partial charge in [0, 0.05) is 18.8 Å². The van der Waals surface area contributed by atoms with Gasteiger partial charge in [-0.05, 0) is 51.6 Å². The summed E-state index contributed by atoms with van der Waals surface area (Å²) in [7, 11) is 2.17. The molecule has 108 valence electrons. The average molecular weight is 274 g/mol. The van der Waals surface area contributed by atoms with Gasteiger partial charge >= 0.3 is 0 Å². The predicted octanol–water partition coefficient (Wildman–Crippen LogP) is 1.25. The quantitative estimate of drug-likeness (QED) is 0.898. The summed E-state index contributed by atoms with van der Waals surface area (Å²) < 4.78 is 0. The number of hydrogen-bond acceptors (Lipinski definition) is 4. The molecule has 5 heteroatoms. The third-order valence-corrected chi connectivity index (χ3v) is 4.07. The Labute approximate surface area is 119 Å². The third kappa shape index (κ3) is 3.54. The van der Waals surface area contributed by atoms with Crippen LogP contribution in [0.3, 0.4) is 0 Å². The van der Waals surface area contributed by atoms with Crippen LogP contribution in [0.1, 0.15) is 41.9 Å². The number of carbonyl (C=O) groups is 1. The number of hydrogen-bond donors (Lipinski definition) is 1. The van der Waals surface area contributed by atoms with Gasteiger partial charge in [-0.1, -0.05) is 0 Å². The number of nitrogens with zero attached hydrogens (tertiary/aromatic N) is 3. The number of amides is 1. The molecule has 5 nitrogen and oxygen atoms in total. The maximum atomic E-state index is 11.8. The molecular weight excluding hydrogens is 252 g/mol. The molecule has 1 N–H and O–H groups in total. The Kier molecular flexibility index (Phi) is 3.96. The lowest BCUT2D eigenvalue weighted by Crippen LogP contribution is -2.33. The SMILES string of the molecule is CN1CCC[C@@H](Cc2cnc(C(=O)NC3CC3)cn2)C1. The highest BCUT2D eigenvalue weighted by molar-refractivity contribution is 5.92. The Balaban J connectivity index is 1.56. The fourth-order valence-corrected chi connectivity index (χ4v) is 2.80. The van der Waals surface area contributed by atoms with Crippen LogP contribution < -0.4 is 5.32 Å². The largest absolute Gasteiger partial charge is 0.348 e. The van der Waals surface area contributed by atoms with Crippen LogP contribution in [0.5, 0.6) is 0 Å². The van der Waals surface area contributed by atoms with Crippen molar-refractivity contribution in [2.75, 3.05) is 20.1 Å². The van der Waals surface area contributed by atoms with Gasteiger partial charge in [-0.15, -0.1) is 0 Å². The van der Waals surface area contributed by atoms with Crippen LogP contribution >= 0.6 is 0 Å². The van der Waals surface area contributed by atoms with Gasteiger partial charge in [-0.2, -0.15) is 0 Å². The number of nitrogens with one attached hydrogen (secondary N) is 1. The molecule has 1 saturated heterocycles. The zero-order valence-corrected chi connectivity index (χ0v) is 12.0. The molecule has 2 fully saturated rings. The van der Waals surface area contributed by atoms with Crippen molar-refractivity contribution < 1.29 is 4.79 Å². The summed E-state index contributed by atoms with van der Waals surface area (Å²) in [5.41, 5.74) is 1.43. The van der Waals surface area contributed by atoms with Crippen molar-refractivity contribution in [3.63, 3.8) is 0 Å². The summed E-state index contributed by atoms with van der Waals surface area (Å²) >= 11 is 0. The van der Waals surface area contributed by atoms with E-state index in [-0.39, 0.29) is 5.91 Å². The Hall–Kier alpha value is -1.49. The molecule has 2 aliphatic rings. The zero-order chi connectivity index (χ0) is 13.9. The molecule has 1 aromatic heterocycles. The van der Waals surface area contributed by atoms with Crippen molar-refractivity contribution in [1.82, 2.24) is 20.2 Å². The Bertz CT molecular complexity index is 469. The fraction of sp³-hybridized carbons (Fsp3) is 0.667. The summed E-state index contributed by atoms with van der Waals surface area (Å²) in [4.78, 5) is 22.9. The highest BCUT2D eigenvalue weighted by Crippen LogP contribution is 2.20. The summed E-state index contributed by atoms with van der Waals surface area (Å²) in [6.45, 7) is 2.33. The van der Waals surface area contributed by atoms with E-state index in [9.17, 15) is 4.79 Å². The van der Waals surface area contributed by atoms with Crippen molar-refractivity contribution in [3.8, 4) is 0 Å². The van der Waals surface area contributed by atoms with E-state index in [2.05, 4.69) is 27.2 Å². The van der Waals surface area contributed by atoms with E-state index in [1.165, 1.54) is 19.4 Å². The van der Waals surface area contributed by atoms with Crippen LogP contribution in [0.4, 0.5) is 0 Å². The van der Waals surface area contributed by atoms with Crippen LogP contribution in [0.25, 0.3) is 0 Å². The molecule has 0 bridgehead atoms. The van der Waals surface area contributed by atoms with Crippen LogP contribution in [-0.2, 0) is 6.42 Å². The number of likely N-dealkylation sites (tertiary alicyclic amines) is 1. The van der Waals surface area contributed by atoms with Crippen molar-refractivity contribution in [2.24, 2.45) is 5.92 Å². The molecule has 1 amide bonds. The van der Waals surface area contributed by atoms with Gasteiger partial charge in [0.2, 0.25) is 0 Å². The summed E-state index contributed by atoms with van der Waals surface area (Å²) in [5, 5.41) is 2.93. The fourth-order valence-electron chi connectivity index (χ4n) is 2.80. The van der Waals surface area contributed by atoms with Crippen LogP contribution in [0.2, 0.25) is 0 Å². The highest BCUT2D eigenvalue weighted by Gasteiger charge is 2.24. The van der Waals surface area contributed by atoms with E-state index in [4.69, 9.17) is 0 Å². The maximum Gasteiger partial charge on any atom is 0.271 e. The monoisotopic (exact) mass is 274 g/mol. The third-order valence-electron chi connectivity index (χ3n) is 4.07. The topological polar surface area (TPSA) is 58.1 Å². The number of piperidine rings is 1. The number of carbonyl (C=O) groups excluding carboxylic acids is 1. The van der Waals surface area contributed by atoms with Gasteiger partial charge in [0.15, 0.2) is 0 Å². The first kappa shape index (κ1) is 13.5. The van der Waals surface area contributed by atoms with E-state index in [0.717, 1.165) is 31.5 Å². The normalized spacial score (nSPS) is 23.6. The Morgan fingerprint density at radius 3 is 2.85 bits per heavy atom. The second-order valence-corrected chi connectivity index (χ2v) is 6.12. The molecule has 2 heterocycles. The summed E-state index contributed by atoms with van der Waals surface area (Å²) in [6, 6.07) is 0.363. The molecule has 0 spiro atoms. The van der Waals surface area contributed by atoms with Crippen molar-refractivity contribution >= 4 is 5.91 Å². The van der Waals surface area contributed by atoms with Crippen LogP contribution in [-0.4, -0.2) is 47.0 Å². The lowest BCUT2D eigenvalue weighted by atomic mass is 9.94. The molecule has 0 unspecified atom stereocenters. The van der Waals surface area contributed by atoms with Gasteiger partial charge in [0.1, 0.15) is 5.69 Å². The van der Waals surface area contributed by atoms with Crippen LogP contribution in [0.15, 0.2) is 12.4 Å². The Morgan fingerprint density at radius 2 is 2.20 bits per heavy atom. The van der Waals surface area contributed by atoms with E-state index in [0.29, 0.717) is 17.7 Å². The molecule has 1 atom stereocenters. The maximum absolute atomic E-state index is 11.8. The molecule has 20 heavy (non-hydrogen) atoms. The van der Waals surface area contributed by atoms with Gasteiger partial charge in [-0.3, -0.25) is 9.78 Å². The molecule has 0 radical (unpaired) electrons. The minimum absolute atomic E-state index is 0.0936. The summed E-state index contributed by atoms with van der Waals surface area (Å²) in [6.07, 6.45) is 9.03. The van der Waals surface area contributed by atoms with E-state index >= 15 is 0 Å². The smallest absolute Gasteiger partial charge is 0.271 e. The predicted molar refractivity (Wildman–Crippen MR) is 76.4 cm³/mol. The lowest BCUT2D eigenvalue weighted by molar-refractivity contribution is 0.0945. The molecule has 1 aromatic rings. The van der Waals surface area contributed by atoms with Crippen molar-refractivity contribution in [1.29, 1.82) is 0 Å². The van der Waals surface area contributed by atoms with Crippen LogP contribution in [0, 0.1) is 5.92 Å². The second-order valence-electron chi connectivity index (χ2n) is 6.12. The first-order chi connectivity index (χ1) is 9.70. The van der Waals surface area contributed by atoms with E-state index in [1.54, 1.807) is 12.4 Å². The number of rotatable bonds is 4. The lowest BCUT2D eigenvalue weighted by Gasteiger charge is -2.29. The van der Waals surface area contributed by atoms with Crippen molar-refractivity contribution in [3.05, 3.63) is 23.8 Å². The van der Waals surface area contributed by atoms with E-state index in [1.807, 2.05) is 0 Å². The average Bonchev–Trinajstić information content (AvgIpc) is 3.23. The van der Waals surface area contributed by atoms with Gasteiger partial charge in [0.25, 0.3) is 5.91 Å². The van der Waals surface area contributed by atoms with E-state index < -0.39 is 0 Å². The molecule has 1 saturated carbocycles. The Morgan fingerprint density at radius 1 is 1.35 bits per heavy atom. The van der Waals surface area contributed by atoms with Crippen molar-refractivity contribution in [2.45, 2.75) is 38.1 Å². The molecular formula is C15H22N4O. The molecule has 3 rings (SSSR count). The standard InChI is InChI=1S/C15H22N4O/c1-19-6-2-3-11(10-19)7-13-8-17-14(9-16-13)15(20)18-12-4-5-12/h8-9,11-12H,2-7,10H2,1H3,(H,18,20)/t11-/m0/s1. The highest BCUT2D eigenvalue weighted by atomic mass is 16.2. The minimum atomic E-state index is -0.0936. The first-order valence-electron chi connectivity index (χ1n) is 7.51. The minimum Gasteiger partial charge on any atom is -0.348 e. The summed E-state index contributed by atoms with van der Waals surface area (Å²) in [5.74, 6) is 0.568. The zero-order valence-electron chi connectivity index (χ0n) is 12.0.